The minimum atomic E-state index is -0.812. The summed E-state index contributed by atoms with van der Waals surface area (Å²) < 4.78 is 15.1. The molecule has 2 aromatic carbocycles. The van der Waals surface area contributed by atoms with E-state index < -0.39 is 22.2 Å². The molecule has 0 fully saturated rings. The predicted molar refractivity (Wildman–Crippen MR) is 102 cm³/mol. The normalized spacial score (nSPS) is 10.5. The van der Waals surface area contributed by atoms with Gasteiger partial charge in [-0.1, -0.05) is 29.8 Å². The van der Waals surface area contributed by atoms with E-state index in [9.17, 15) is 24.1 Å². The zero-order chi connectivity index (χ0) is 20.3. The number of benzene rings is 2. The van der Waals surface area contributed by atoms with Gasteiger partial charge in [-0.25, -0.2) is 4.39 Å². The molecule has 0 aliphatic heterocycles. The van der Waals surface area contributed by atoms with E-state index in [1.165, 1.54) is 60.8 Å². The van der Waals surface area contributed by atoms with Crippen LogP contribution >= 0.6 is 11.6 Å². The smallest absolute Gasteiger partial charge is 0.292 e. The average Bonchev–Trinajstić information content (AvgIpc) is 2.66. The van der Waals surface area contributed by atoms with Crippen molar-refractivity contribution in [2.45, 2.75) is 6.54 Å². The molecule has 0 radical (unpaired) electrons. The molecular weight excluding hydrogens is 389 g/mol. The number of hydrogen-bond acceptors (Lipinski definition) is 4. The molecule has 0 saturated heterocycles. The Hall–Kier alpha value is -3.52. The molecule has 0 aliphatic carbocycles. The van der Waals surface area contributed by atoms with Gasteiger partial charge in [0.1, 0.15) is 17.1 Å². The molecule has 9 heteroatoms. The molecule has 1 aromatic heterocycles. The van der Waals surface area contributed by atoms with E-state index in [4.69, 9.17) is 11.6 Å². The first-order chi connectivity index (χ1) is 13.4. The van der Waals surface area contributed by atoms with Gasteiger partial charge >= 0.3 is 0 Å². The number of nitrogens with one attached hydrogen (secondary N) is 1. The number of hydrogen-bond donors (Lipinski definition) is 1. The second-order valence-corrected chi connectivity index (χ2v) is 6.19. The monoisotopic (exact) mass is 401 g/mol. The first-order valence-electron chi connectivity index (χ1n) is 8.05. The van der Waals surface area contributed by atoms with Crippen molar-refractivity contribution in [2.24, 2.45) is 0 Å². The molecule has 1 heterocycles. The van der Waals surface area contributed by atoms with Crippen molar-refractivity contribution in [2.75, 3.05) is 5.32 Å². The quantitative estimate of drug-likeness (QED) is 0.519. The van der Waals surface area contributed by atoms with Crippen LogP contribution in [0.4, 0.5) is 15.8 Å². The van der Waals surface area contributed by atoms with Crippen LogP contribution in [0.3, 0.4) is 0 Å². The summed E-state index contributed by atoms with van der Waals surface area (Å²) in [5, 5.41) is 13.6. The minimum Gasteiger partial charge on any atom is -0.316 e. The fraction of sp³-hybridized carbons (Fsp3) is 0.0526. The van der Waals surface area contributed by atoms with Crippen LogP contribution < -0.4 is 10.9 Å². The van der Waals surface area contributed by atoms with E-state index >= 15 is 0 Å². The van der Waals surface area contributed by atoms with Crippen molar-refractivity contribution < 1.29 is 14.1 Å². The number of para-hydroxylation sites is 2. The molecule has 0 saturated carbocycles. The topological polar surface area (TPSA) is 94.2 Å². The Labute approximate surface area is 163 Å². The highest BCUT2D eigenvalue weighted by Gasteiger charge is 2.19. The van der Waals surface area contributed by atoms with Crippen molar-refractivity contribution in [3.63, 3.8) is 0 Å². The number of nitrogens with zero attached hydrogens (tertiary/aromatic N) is 2. The summed E-state index contributed by atoms with van der Waals surface area (Å²) >= 11 is 5.99. The van der Waals surface area contributed by atoms with Gasteiger partial charge in [-0.2, -0.15) is 0 Å². The molecule has 3 aromatic rings. The van der Waals surface area contributed by atoms with E-state index in [1.807, 2.05) is 0 Å². The third kappa shape index (κ3) is 3.91. The Bertz CT molecular complexity index is 1110. The summed E-state index contributed by atoms with van der Waals surface area (Å²) in [6.45, 7) is -0.170. The Morgan fingerprint density at radius 1 is 1.14 bits per heavy atom. The van der Waals surface area contributed by atoms with Crippen LogP contribution in [0.15, 0.2) is 65.6 Å². The van der Waals surface area contributed by atoms with E-state index in [2.05, 4.69) is 5.32 Å². The van der Waals surface area contributed by atoms with Gasteiger partial charge in [-0.05, 0) is 30.3 Å². The SMILES string of the molecule is O=C(Nc1ccccc1[N+](=O)[O-])c1cccn(Cc2c(F)cccc2Cl)c1=O. The first-order valence-corrected chi connectivity index (χ1v) is 8.43. The van der Waals surface area contributed by atoms with E-state index in [-0.39, 0.29) is 34.1 Å². The number of nitro groups is 1. The lowest BCUT2D eigenvalue weighted by Crippen LogP contribution is -2.29. The first kappa shape index (κ1) is 19.2. The number of anilines is 1. The Kier molecular flexibility index (Phi) is 5.51. The largest absolute Gasteiger partial charge is 0.316 e. The molecule has 0 atom stereocenters. The molecule has 28 heavy (non-hydrogen) atoms. The number of amides is 1. The molecule has 3 rings (SSSR count). The van der Waals surface area contributed by atoms with E-state index in [1.54, 1.807) is 0 Å². The van der Waals surface area contributed by atoms with Gasteiger partial charge in [0, 0.05) is 22.8 Å². The van der Waals surface area contributed by atoms with Crippen molar-refractivity contribution in [3.05, 3.63) is 103 Å². The summed E-state index contributed by atoms with van der Waals surface area (Å²) in [7, 11) is 0. The zero-order valence-corrected chi connectivity index (χ0v) is 15.0. The number of aromatic nitrogens is 1. The maximum Gasteiger partial charge on any atom is 0.292 e. The molecular formula is C19H13ClFN3O4. The van der Waals surface area contributed by atoms with Crippen LogP contribution in [0.5, 0.6) is 0 Å². The van der Waals surface area contributed by atoms with Crippen LogP contribution in [0.25, 0.3) is 0 Å². The van der Waals surface area contributed by atoms with Gasteiger partial charge in [0.2, 0.25) is 0 Å². The second-order valence-electron chi connectivity index (χ2n) is 5.78. The van der Waals surface area contributed by atoms with E-state index in [0.717, 1.165) is 4.57 Å². The van der Waals surface area contributed by atoms with Crippen molar-refractivity contribution in [1.29, 1.82) is 0 Å². The predicted octanol–water partition coefficient (Wildman–Crippen LogP) is 3.85. The van der Waals surface area contributed by atoms with Crippen LogP contribution in [0.1, 0.15) is 15.9 Å². The van der Waals surface area contributed by atoms with E-state index in [0.29, 0.717) is 0 Å². The average molecular weight is 402 g/mol. The third-order valence-corrected chi connectivity index (χ3v) is 4.36. The molecule has 0 bridgehead atoms. The van der Waals surface area contributed by atoms with Crippen molar-refractivity contribution in [3.8, 4) is 0 Å². The maximum absolute atomic E-state index is 14.0. The molecule has 1 amide bonds. The molecule has 0 aliphatic rings. The lowest BCUT2D eigenvalue weighted by molar-refractivity contribution is -0.383. The summed E-state index contributed by atoms with van der Waals surface area (Å²) in [6.07, 6.45) is 1.40. The Morgan fingerprint density at radius 2 is 1.89 bits per heavy atom. The second kappa shape index (κ2) is 8.01. The zero-order valence-electron chi connectivity index (χ0n) is 14.3. The van der Waals surface area contributed by atoms with Gasteiger partial charge in [0.05, 0.1) is 11.5 Å². The molecule has 1 N–H and O–H groups in total. The van der Waals surface area contributed by atoms with Gasteiger partial charge in [-0.3, -0.25) is 19.7 Å². The molecule has 142 valence electrons. The lowest BCUT2D eigenvalue weighted by Gasteiger charge is -2.11. The van der Waals surface area contributed by atoms with Crippen LogP contribution in [0, 0.1) is 15.9 Å². The fourth-order valence-corrected chi connectivity index (χ4v) is 2.84. The number of pyridine rings is 1. The Morgan fingerprint density at radius 3 is 2.61 bits per heavy atom. The number of carbonyl (C=O) groups is 1. The van der Waals surface area contributed by atoms with Gasteiger partial charge in [0.25, 0.3) is 17.2 Å². The lowest BCUT2D eigenvalue weighted by atomic mass is 10.2. The number of rotatable bonds is 5. The summed E-state index contributed by atoms with van der Waals surface area (Å²) in [5.74, 6) is -1.39. The number of carbonyl (C=O) groups excluding carboxylic acids is 1. The highest BCUT2D eigenvalue weighted by molar-refractivity contribution is 6.31. The van der Waals surface area contributed by atoms with Crippen molar-refractivity contribution in [1.82, 2.24) is 4.57 Å². The van der Waals surface area contributed by atoms with Crippen LogP contribution in [-0.2, 0) is 6.54 Å². The molecule has 0 spiro atoms. The fourth-order valence-electron chi connectivity index (χ4n) is 2.62. The molecule has 0 unspecified atom stereocenters. The molecule has 7 nitrogen and oxygen atoms in total. The van der Waals surface area contributed by atoms with Gasteiger partial charge < -0.3 is 9.88 Å². The maximum atomic E-state index is 14.0. The highest BCUT2D eigenvalue weighted by atomic mass is 35.5. The summed E-state index contributed by atoms with van der Waals surface area (Å²) in [4.78, 5) is 35.6. The number of nitro benzene ring substituents is 1. The summed E-state index contributed by atoms with van der Waals surface area (Å²) in [5.41, 5.74) is -1.15. The van der Waals surface area contributed by atoms with Crippen LogP contribution in [0.2, 0.25) is 5.02 Å². The standard InChI is InChI=1S/C19H13ClFN3O4/c20-14-6-3-7-15(21)13(14)11-23-10-4-5-12(19(23)26)18(25)22-16-8-1-2-9-17(16)24(27)28/h1-10H,11H2,(H,22,25). The summed E-state index contributed by atoms with van der Waals surface area (Å²) in [6, 6.07) is 12.5. The minimum absolute atomic E-state index is 0.0375. The highest BCUT2D eigenvalue weighted by Crippen LogP contribution is 2.23. The van der Waals surface area contributed by atoms with Crippen LogP contribution in [-0.4, -0.2) is 15.4 Å². The van der Waals surface area contributed by atoms with Crippen molar-refractivity contribution >= 4 is 28.9 Å². The Balaban J connectivity index is 1.92. The van der Waals surface area contributed by atoms with Gasteiger partial charge in [0.15, 0.2) is 0 Å². The third-order valence-electron chi connectivity index (χ3n) is 4.00. The van der Waals surface area contributed by atoms with Gasteiger partial charge in [-0.15, -0.1) is 0 Å². The number of halogens is 2.